The third-order valence-corrected chi connectivity index (χ3v) is 2.20. The summed E-state index contributed by atoms with van der Waals surface area (Å²) in [7, 11) is 0. The van der Waals surface area contributed by atoms with E-state index in [9.17, 15) is 0 Å². The van der Waals surface area contributed by atoms with Crippen molar-refractivity contribution in [1.82, 2.24) is 5.32 Å². The van der Waals surface area contributed by atoms with Gasteiger partial charge in [-0.15, -0.1) is 0 Å². The fourth-order valence-electron chi connectivity index (χ4n) is 1.50. The minimum absolute atomic E-state index is 0.482. The van der Waals surface area contributed by atoms with E-state index in [2.05, 4.69) is 15.3 Å². The summed E-state index contributed by atoms with van der Waals surface area (Å²) in [5, 5.41) is 15.6. The molecule has 1 aliphatic rings. The molecule has 2 N–H and O–H groups in total. The lowest BCUT2D eigenvalue weighted by Gasteiger charge is -2.10. The zero-order valence-corrected chi connectivity index (χ0v) is 9.23. The molecule has 0 radical (unpaired) electrons. The molecule has 0 amide bonds. The standard InChI is InChI=1S/C11H14N2O3/c1-3-15-9-6-7(2)4-5-8(9)10-12-11(14)16-13-10/h4-6,11,14H,3H2,1-2H3,(H,12,13). The molecular formula is C11H14N2O3. The summed E-state index contributed by atoms with van der Waals surface area (Å²) in [5.74, 6) is 1.21. The Morgan fingerprint density at radius 3 is 3.00 bits per heavy atom. The molecule has 16 heavy (non-hydrogen) atoms. The van der Waals surface area contributed by atoms with Gasteiger partial charge >= 0.3 is 6.41 Å². The number of amidine groups is 1. The quantitative estimate of drug-likeness (QED) is 0.799. The first kappa shape index (κ1) is 10.8. The van der Waals surface area contributed by atoms with E-state index in [4.69, 9.17) is 9.84 Å². The number of aliphatic hydroxyl groups is 1. The molecule has 5 nitrogen and oxygen atoms in total. The highest BCUT2D eigenvalue weighted by Gasteiger charge is 2.20. The first-order valence-corrected chi connectivity index (χ1v) is 5.13. The first-order valence-electron chi connectivity index (χ1n) is 5.13. The average molecular weight is 222 g/mol. The van der Waals surface area contributed by atoms with Gasteiger partial charge in [0.2, 0.25) is 0 Å². The van der Waals surface area contributed by atoms with Crippen LogP contribution >= 0.6 is 0 Å². The molecule has 2 rings (SSSR count). The molecule has 0 saturated heterocycles. The molecule has 5 heteroatoms. The third kappa shape index (κ3) is 2.09. The van der Waals surface area contributed by atoms with Crippen LogP contribution in [0.3, 0.4) is 0 Å². The smallest absolute Gasteiger partial charge is 0.304 e. The van der Waals surface area contributed by atoms with E-state index >= 15 is 0 Å². The Morgan fingerprint density at radius 2 is 2.38 bits per heavy atom. The Morgan fingerprint density at radius 1 is 1.56 bits per heavy atom. The van der Waals surface area contributed by atoms with Gasteiger partial charge in [-0.25, -0.2) is 0 Å². The zero-order valence-electron chi connectivity index (χ0n) is 9.23. The number of hydrogen-bond donors (Lipinski definition) is 2. The Hall–Kier alpha value is -1.75. The molecule has 0 aromatic heterocycles. The van der Waals surface area contributed by atoms with Crippen LogP contribution in [0.1, 0.15) is 18.1 Å². The van der Waals surface area contributed by atoms with Crippen LogP contribution in [0.25, 0.3) is 0 Å². The van der Waals surface area contributed by atoms with Crippen molar-refractivity contribution in [3.05, 3.63) is 29.3 Å². The van der Waals surface area contributed by atoms with E-state index < -0.39 is 6.41 Å². The summed E-state index contributed by atoms with van der Waals surface area (Å²) in [6.45, 7) is 4.48. The molecule has 1 aliphatic heterocycles. The molecule has 0 aliphatic carbocycles. The van der Waals surface area contributed by atoms with Crippen LogP contribution in [-0.4, -0.2) is 24.0 Å². The second-order valence-electron chi connectivity index (χ2n) is 3.47. The number of hydrogen-bond acceptors (Lipinski definition) is 5. The maximum atomic E-state index is 9.15. The van der Waals surface area contributed by atoms with Gasteiger partial charge in [0.05, 0.1) is 12.2 Å². The monoisotopic (exact) mass is 222 g/mol. The number of ether oxygens (including phenoxy) is 1. The van der Waals surface area contributed by atoms with Crippen LogP contribution in [-0.2, 0) is 4.84 Å². The predicted octanol–water partition coefficient (Wildman–Crippen LogP) is 0.951. The molecule has 1 unspecified atom stereocenters. The molecule has 86 valence electrons. The van der Waals surface area contributed by atoms with Gasteiger partial charge in [-0.2, -0.15) is 0 Å². The summed E-state index contributed by atoms with van der Waals surface area (Å²) in [4.78, 5) is 4.66. The molecule has 0 spiro atoms. The highest BCUT2D eigenvalue weighted by atomic mass is 16.7. The second-order valence-corrected chi connectivity index (χ2v) is 3.47. The molecule has 1 aromatic rings. The van der Waals surface area contributed by atoms with Crippen molar-refractivity contribution < 1.29 is 14.7 Å². The van der Waals surface area contributed by atoms with Gasteiger partial charge in [0.15, 0.2) is 5.84 Å². The van der Waals surface area contributed by atoms with E-state index in [1.165, 1.54) is 0 Å². The van der Waals surface area contributed by atoms with Crippen LogP contribution < -0.4 is 10.1 Å². The van der Waals surface area contributed by atoms with Crippen LogP contribution in [0, 0.1) is 6.92 Å². The highest BCUT2D eigenvalue weighted by Crippen LogP contribution is 2.22. The molecule has 0 fully saturated rings. The third-order valence-electron chi connectivity index (χ3n) is 2.20. The SMILES string of the molecule is CCOc1cc(C)ccc1C1=NOC(O)N1. The second kappa shape index (κ2) is 4.40. The van der Waals surface area contributed by atoms with E-state index in [0.717, 1.165) is 16.9 Å². The van der Waals surface area contributed by atoms with E-state index in [1.54, 1.807) is 0 Å². The lowest BCUT2D eigenvalue weighted by Crippen LogP contribution is -2.29. The predicted molar refractivity (Wildman–Crippen MR) is 59.1 cm³/mol. The minimum atomic E-state index is -1.08. The highest BCUT2D eigenvalue weighted by molar-refractivity contribution is 6.01. The lowest BCUT2D eigenvalue weighted by atomic mass is 10.1. The largest absolute Gasteiger partial charge is 0.493 e. The van der Waals surface area contributed by atoms with Gasteiger partial charge in [0, 0.05) is 0 Å². The van der Waals surface area contributed by atoms with Crippen molar-refractivity contribution in [2.45, 2.75) is 20.3 Å². The van der Waals surface area contributed by atoms with Crippen molar-refractivity contribution in [3.8, 4) is 5.75 Å². The van der Waals surface area contributed by atoms with Gasteiger partial charge in [-0.3, -0.25) is 0 Å². The van der Waals surface area contributed by atoms with Crippen LogP contribution in [0.15, 0.2) is 23.4 Å². The van der Waals surface area contributed by atoms with E-state index in [0.29, 0.717) is 12.4 Å². The van der Waals surface area contributed by atoms with Crippen molar-refractivity contribution >= 4 is 5.84 Å². The Kier molecular flexibility index (Phi) is 2.96. The molecule has 0 bridgehead atoms. The maximum Gasteiger partial charge on any atom is 0.304 e. The van der Waals surface area contributed by atoms with Gasteiger partial charge in [-0.1, -0.05) is 11.2 Å². The van der Waals surface area contributed by atoms with E-state index in [1.807, 2.05) is 32.0 Å². The number of nitrogens with zero attached hydrogens (tertiary/aromatic N) is 1. The maximum absolute atomic E-state index is 9.15. The van der Waals surface area contributed by atoms with Crippen molar-refractivity contribution in [3.63, 3.8) is 0 Å². The van der Waals surface area contributed by atoms with Gasteiger partial charge < -0.3 is 20.0 Å². The fraction of sp³-hybridized carbons (Fsp3) is 0.364. The fourth-order valence-corrected chi connectivity index (χ4v) is 1.50. The summed E-state index contributed by atoms with van der Waals surface area (Å²) in [5.41, 5.74) is 1.89. The molecule has 0 saturated carbocycles. The normalized spacial score (nSPS) is 18.7. The van der Waals surface area contributed by atoms with Crippen molar-refractivity contribution in [1.29, 1.82) is 0 Å². The minimum Gasteiger partial charge on any atom is -0.493 e. The number of nitrogens with one attached hydrogen (secondary N) is 1. The average Bonchev–Trinajstić information content (AvgIpc) is 2.65. The number of aryl methyl sites for hydroxylation is 1. The Balaban J connectivity index is 2.32. The number of aliphatic hydroxyl groups excluding tert-OH is 1. The Labute approximate surface area is 93.7 Å². The summed E-state index contributed by atoms with van der Waals surface area (Å²) in [6.07, 6.45) is -1.08. The molecule has 1 aromatic carbocycles. The zero-order chi connectivity index (χ0) is 11.5. The molecule has 1 atom stereocenters. The number of rotatable bonds is 3. The van der Waals surface area contributed by atoms with E-state index in [-0.39, 0.29) is 0 Å². The van der Waals surface area contributed by atoms with Crippen molar-refractivity contribution in [2.75, 3.05) is 6.61 Å². The summed E-state index contributed by atoms with van der Waals surface area (Å²) in [6, 6.07) is 5.76. The summed E-state index contributed by atoms with van der Waals surface area (Å²) >= 11 is 0. The van der Waals surface area contributed by atoms with Gasteiger partial charge in [0.25, 0.3) is 0 Å². The van der Waals surface area contributed by atoms with Gasteiger partial charge in [0.1, 0.15) is 5.75 Å². The summed E-state index contributed by atoms with van der Waals surface area (Å²) < 4.78 is 5.51. The first-order chi connectivity index (χ1) is 7.70. The number of oxime groups is 1. The molecular weight excluding hydrogens is 208 g/mol. The van der Waals surface area contributed by atoms with Crippen LogP contribution in [0.2, 0.25) is 0 Å². The lowest BCUT2D eigenvalue weighted by molar-refractivity contribution is -0.0896. The Bertz CT molecular complexity index is 418. The number of benzene rings is 1. The van der Waals surface area contributed by atoms with Gasteiger partial charge in [-0.05, 0) is 31.5 Å². The topological polar surface area (TPSA) is 63.1 Å². The van der Waals surface area contributed by atoms with Crippen molar-refractivity contribution in [2.24, 2.45) is 5.16 Å². The molecule has 1 heterocycles. The van der Waals surface area contributed by atoms with Crippen LogP contribution in [0.4, 0.5) is 0 Å². The van der Waals surface area contributed by atoms with Crippen LogP contribution in [0.5, 0.6) is 5.75 Å².